The second kappa shape index (κ2) is 6.07. The molecule has 1 aromatic rings. The smallest absolute Gasteiger partial charge is 0.416 e. The third kappa shape index (κ3) is 4.79. The van der Waals surface area contributed by atoms with Crippen LogP contribution in [0, 0.1) is 0 Å². The van der Waals surface area contributed by atoms with E-state index in [1.165, 1.54) is 7.11 Å². The number of alkyl halides is 3. The molecular weight excluding hydrogens is 259 g/mol. The molecule has 0 atom stereocenters. The van der Waals surface area contributed by atoms with Crippen LogP contribution in [-0.2, 0) is 10.9 Å². The van der Waals surface area contributed by atoms with Gasteiger partial charge in [0.25, 0.3) is 0 Å². The van der Waals surface area contributed by atoms with E-state index in [4.69, 9.17) is 21.1 Å². The van der Waals surface area contributed by atoms with Crippen LogP contribution >= 0.6 is 11.6 Å². The highest BCUT2D eigenvalue weighted by atomic mass is 35.5. The molecule has 3 nitrogen and oxygen atoms in total. The first-order chi connectivity index (χ1) is 7.93. The van der Waals surface area contributed by atoms with Gasteiger partial charge in [-0.25, -0.2) is 4.98 Å². The normalized spacial score (nSPS) is 11.6. The highest BCUT2D eigenvalue weighted by molar-refractivity contribution is 6.29. The van der Waals surface area contributed by atoms with Gasteiger partial charge in [-0.1, -0.05) is 11.6 Å². The molecule has 17 heavy (non-hydrogen) atoms. The Kier molecular flexibility index (Phi) is 5.02. The van der Waals surface area contributed by atoms with E-state index in [0.29, 0.717) is 13.0 Å². The molecule has 96 valence electrons. The van der Waals surface area contributed by atoms with Crippen molar-refractivity contribution in [3.63, 3.8) is 0 Å². The number of hydrogen-bond acceptors (Lipinski definition) is 3. The van der Waals surface area contributed by atoms with Crippen LogP contribution in [0.5, 0.6) is 5.88 Å². The van der Waals surface area contributed by atoms with Crippen molar-refractivity contribution in [2.24, 2.45) is 0 Å². The second-order valence-electron chi connectivity index (χ2n) is 3.21. The molecule has 1 rings (SSSR count). The largest absolute Gasteiger partial charge is 0.478 e. The first kappa shape index (κ1) is 14.1. The SMILES string of the molecule is COCCCOc1cc(C(F)(F)F)cc(Cl)n1. The van der Waals surface area contributed by atoms with Crippen molar-refractivity contribution in [3.05, 3.63) is 22.8 Å². The Morgan fingerprint density at radius 1 is 1.29 bits per heavy atom. The lowest BCUT2D eigenvalue weighted by molar-refractivity contribution is -0.137. The lowest BCUT2D eigenvalue weighted by Gasteiger charge is -2.10. The van der Waals surface area contributed by atoms with Gasteiger partial charge in [-0.15, -0.1) is 0 Å². The number of hydrogen-bond donors (Lipinski definition) is 0. The lowest BCUT2D eigenvalue weighted by Crippen LogP contribution is -2.08. The molecule has 0 saturated carbocycles. The maximum absolute atomic E-state index is 12.4. The summed E-state index contributed by atoms with van der Waals surface area (Å²) in [5.41, 5.74) is -0.876. The van der Waals surface area contributed by atoms with Crippen LogP contribution in [0.4, 0.5) is 13.2 Å². The average Bonchev–Trinajstić information content (AvgIpc) is 2.22. The second-order valence-corrected chi connectivity index (χ2v) is 3.60. The van der Waals surface area contributed by atoms with Gasteiger partial charge < -0.3 is 9.47 Å². The summed E-state index contributed by atoms with van der Waals surface area (Å²) < 4.78 is 47.1. The molecule has 1 heterocycles. The molecule has 0 unspecified atom stereocenters. The van der Waals surface area contributed by atoms with Gasteiger partial charge in [0.2, 0.25) is 5.88 Å². The van der Waals surface area contributed by atoms with Crippen molar-refractivity contribution >= 4 is 11.6 Å². The van der Waals surface area contributed by atoms with Gasteiger partial charge >= 0.3 is 6.18 Å². The van der Waals surface area contributed by atoms with Gasteiger partial charge in [-0.05, 0) is 6.07 Å². The quantitative estimate of drug-likeness (QED) is 0.608. The molecule has 0 aromatic carbocycles. The highest BCUT2D eigenvalue weighted by Gasteiger charge is 2.31. The Balaban J connectivity index is 2.69. The zero-order valence-corrected chi connectivity index (χ0v) is 9.81. The van der Waals surface area contributed by atoms with Gasteiger partial charge in [0.1, 0.15) is 5.15 Å². The summed E-state index contributed by atoms with van der Waals surface area (Å²) in [5, 5.41) is -0.249. The van der Waals surface area contributed by atoms with Crippen molar-refractivity contribution in [1.29, 1.82) is 0 Å². The molecular formula is C10H11ClF3NO2. The molecule has 7 heteroatoms. The Hall–Kier alpha value is -1.01. The van der Waals surface area contributed by atoms with E-state index in [9.17, 15) is 13.2 Å². The standard InChI is InChI=1S/C10H11ClF3NO2/c1-16-3-2-4-17-9-6-7(10(12,13)14)5-8(11)15-9/h5-6H,2-4H2,1H3. The van der Waals surface area contributed by atoms with E-state index < -0.39 is 11.7 Å². The molecule has 0 aliphatic heterocycles. The summed E-state index contributed by atoms with van der Waals surface area (Å²) in [6.45, 7) is 0.686. The van der Waals surface area contributed by atoms with E-state index in [-0.39, 0.29) is 17.6 Å². The Morgan fingerprint density at radius 2 is 2.00 bits per heavy atom. The lowest BCUT2D eigenvalue weighted by atomic mass is 10.2. The summed E-state index contributed by atoms with van der Waals surface area (Å²) >= 11 is 5.48. The minimum absolute atomic E-state index is 0.138. The molecule has 0 saturated heterocycles. The number of ether oxygens (including phenoxy) is 2. The number of pyridine rings is 1. The van der Waals surface area contributed by atoms with Gasteiger partial charge in [-0.3, -0.25) is 0 Å². The fourth-order valence-corrected chi connectivity index (χ4v) is 1.29. The molecule has 0 amide bonds. The van der Waals surface area contributed by atoms with Crippen molar-refractivity contribution in [2.75, 3.05) is 20.3 Å². The maximum Gasteiger partial charge on any atom is 0.416 e. The van der Waals surface area contributed by atoms with Gasteiger partial charge in [0, 0.05) is 26.2 Å². The summed E-state index contributed by atoms with van der Waals surface area (Å²) in [5.74, 6) is -0.138. The van der Waals surface area contributed by atoms with Crippen molar-refractivity contribution in [3.8, 4) is 5.88 Å². The molecule has 1 aromatic heterocycles. The Morgan fingerprint density at radius 3 is 2.59 bits per heavy atom. The van der Waals surface area contributed by atoms with Crippen LogP contribution in [0.1, 0.15) is 12.0 Å². The Bertz CT molecular complexity index is 371. The molecule has 0 radical (unpaired) electrons. The van der Waals surface area contributed by atoms with E-state index in [1.807, 2.05) is 0 Å². The van der Waals surface area contributed by atoms with Crippen LogP contribution in [-0.4, -0.2) is 25.3 Å². The third-order valence-corrected chi connectivity index (χ3v) is 2.03. The zero-order chi connectivity index (χ0) is 12.9. The molecule has 0 fully saturated rings. The molecule has 0 aliphatic carbocycles. The van der Waals surface area contributed by atoms with Crippen LogP contribution in [0.2, 0.25) is 5.15 Å². The summed E-state index contributed by atoms with van der Waals surface area (Å²) in [7, 11) is 1.53. The maximum atomic E-state index is 12.4. The van der Waals surface area contributed by atoms with E-state index in [1.54, 1.807) is 0 Å². The molecule has 0 aliphatic rings. The highest BCUT2D eigenvalue weighted by Crippen LogP contribution is 2.32. The predicted octanol–water partition coefficient (Wildman–Crippen LogP) is 3.17. The zero-order valence-electron chi connectivity index (χ0n) is 9.05. The third-order valence-electron chi connectivity index (χ3n) is 1.84. The monoisotopic (exact) mass is 269 g/mol. The fraction of sp³-hybridized carbons (Fsp3) is 0.500. The topological polar surface area (TPSA) is 31.4 Å². The number of rotatable bonds is 5. The minimum atomic E-state index is -4.46. The number of aromatic nitrogens is 1. The van der Waals surface area contributed by atoms with E-state index in [2.05, 4.69) is 4.98 Å². The van der Waals surface area contributed by atoms with Crippen LogP contribution < -0.4 is 4.74 Å². The van der Waals surface area contributed by atoms with Crippen LogP contribution in [0.3, 0.4) is 0 Å². The van der Waals surface area contributed by atoms with Crippen LogP contribution in [0.15, 0.2) is 12.1 Å². The van der Waals surface area contributed by atoms with E-state index in [0.717, 1.165) is 12.1 Å². The number of nitrogens with zero attached hydrogens (tertiary/aromatic N) is 1. The van der Waals surface area contributed by atoms with Gasteiger partial charge in [0.05, 0.1) is 12.2 Å². The average molecular weight is 270 g/mol. The molecule has 0 spiro atoms. The predicted molar refractivity (Wildman–Crippen MR) is 56.2 cm³/mol. The molecule has 0 N–H and O–H groups in total. The first-order valence-electron chi connectivity index (χ1n) is 4.80. The van der Waals surface area contributed by atoms with Crippen LogP contribution in [0.25, 0.3) is 0 Å². The summed E-state index contributed by atoms with van der Waals surface area (Å²) in [6.07, 6.45) is -3.90. The summed E-state index contributed by atoms with van der Waals surface area (Å²) in [6, 6.07) is 1.57. The van der Waals surface area contributed by atoms with Gasteiger partial charge in [-0.2, -0.15) is 13.2 Å². The first-order valence-corrected chi connectivity index (χ1v) is 5.18. The summed E-state index contributed by atoms with van der Waals surface area (Å²) in [4.78, 5) is 3.65. The minimum Gasteiger partial charge on any atom is -0.478 e. The van der Waals surface area contributed by atoms with Gasteiger partial charge in [0.15, 0.2) is 0 Å². The number of methoxy groups -OCH3 is 1. The molecule has 0 bridgehead atoms. The fourth-order valence-electron chi connectivity index (χ4n) is 1.09. The van der Waals surface area contributed by atoms with Crippen molar-refractivity contribution in [1.82, 2.24) is 4.98 Å². The van der Waals surface area contributed by atoms with Crippen molar-refractivity contribution < 1.29 is 22.6 Å². The Labute approximate surface area is 102 Å². The number of halogens is 4. The van der Waals surface area contributed by atoms with Crippen molar-refractivity contribution in [2.45, 2.75) is 12.6 Å². The van der Waals surface area contributed by atoms with E-state index >= 15 is 0 Å².